The molecule has 0 radical (unpaired) electrons. The maximum Gasteiger partial charge on any atom is 0.0630 e. The number of piperidine rings is 1. The Morgan fingerprint density at radius 2 is 2.06 bits per heavy atom. The maximum absolute atomic E-state index is 6.02. The highest BCUT2D eigenvalue weighted by atomic mass is 16.5. The molecule has 92 valence electrons. The monoisotopic (exact) mass is 224 g/mol. The predicted molar refractivity (Wildman–Crippen MR) is 67.2 cm³/mol. The Kier molecular flexibility index (Phi) is 7.24. The summed E-state index contributed by atoms with van der Waals surface area (Å²) in [5.41, 5.74) is 6.02. The second-order valence-electron chi connectivity index (χ2n) is 4.37. The molecule has 1 heterocycles. The van der Waals surface area contributed by atoms with Crippen LogP contribution in [-0.4, -0.2) is 43.8 Å². The van der Waals surface area contributed by atoms with Gasteiger partial charge in [-0.15, -0.1) is 11.8 Å². The third kappa shape index (κ3) is 6.12. The van der Waals surface area contributed by atoms with E-state index in [1.54, 1.807) is 0 Å². The zero-order valence-electron chi connectivity index (χ0n) is 10.4. The van der Waals surface area contributed by atoms with Crippen LogP contribution in [0.4, 0.5) is 0 Å². The summed E-state index contributed by atoms with van der Waals surface area (Å²) in [4.78, 5) is 2.45. The van der Waals surface area contributed by atoms with E-state index in [1.807, 2.05) is 6.92 Å². The SMILES string of the molecule is CC#CCCOCC(N)CN1CCCCC1. The van der Waals surface area contributed by atoms with Crippen LogP contribution in [0, 0.1) is 11.8 Å². The van der Waals surface area contributed by atoms with E-state index in [0.717, 1.165) is 13.0 Å². The van der Waals surface area contributed by atoms with E-state index >= 15 is 0 Å². The molecule has 1 rings (SSSR count). The molecule has 0 spiro atoms. The molecule has 1 fully saturated rings. The highest BCUT2D eigenvalue weighted by molar-refractivity contribution is 4.94. The Labute approximate surface area is 99.3 Å². The minimum atomic E-state index is 0.146. The van der Waals surface area contributed by atoms with Crippen molar-refractivity contribution in [3.8, 4) is 11.8 Å². The zero-order chi connectivity index (χ0) is 11.6. The lowest BCUT2D eigenvalue weighted by molar-refractivity contribution is 0.107. The highest BCUT2D eigenvalue weighted by Gasteiger charge is 2.13. The molecule has 1 saturated heterocycles. The molecule has 1 aliphatic rings. The van der Waals surface area contributed by atoms with Crippen LogP contribution in [0.3, 0.4) is 0 Å². The fraction of sp³-hybridized carbons (Fsp3) is 0.846. The average molecular weight is 224 g/mol. The van der Waals surface area contributed by atoms with Gasteiger partial charge in [-0.2, -0.15) is 0 Å². The van der Waals surface area contributed by atoms with Crippen LogP contribution in [0.25, 0.3) is 0 Å². The van der Waals surface area contributed by atoms with Crippen LogP contribution < -0.4 is 5.73 Å². The Morgan fingerprint density at radius 3 is 2.75 bits per heavy atom. The van der Waals surface area contributed by atoms with E-state index in [1.165, 1.54) is 32.4 Å². The van der Waals surface area contributed by atoms with Crippen molar-refractivity contribution in [3.05, 3.63) is 0 Å². The summed E-state index contributed by atoms with van der Waals surface area (Å²) >= 11 is 0. The van der Waals surface area contributed by atoms with Crippen LogP contribution in [-0.2, 0) is 4.74 Å². The van der Waals surface area contributed by atoms with Crippen molar-refractivity contribution in [3.63, 3.8) is 0 Å². The van der Waals surface area contributed by atoms with Gasteiger partial charge in [-0.25, -0.2) is 0 Å². The summed E-state index contributed by atoms with van der Waals surface area (Å²) in [5, 5.41) is 0. The fourth-order valence-electron chi connectivity index (χ4n) is 2.01. The molecule has 0 aromatic rings. The normalized spacial score (nSPS) is 18.9. The van der Waals surface area contributed by atoms with Gasteiger partial charge in [-0.3, -0.25) is 0 Å². The van der Waals surface area contributed by atoms with Crippen molar-refractivity contribution in [1.82, 2.24) is 4.90 Å². The van der Waals surface area contributed by atoms with Crippen molar-refractivity contribution < 1.29 is 4.74 Å². The van der Waals surface area contributed by atoms with E-state index < -0.39 is 0 Å². The molecule has 0 aliphatic carbocycles. The number of rotatable bonds is 6. The molecular formula is C13H24N2O. The van der Waals surface area contributed by atoms with E-state index in [-0.39, 0.29) is 6.04 Å². The predicted octanol–water partition coefficient (Wildman–Crippen LogP) is 1.23. The van der Waals surface area contributed by atoms with Crippen molar-refractivity contribution in [1.29, 1.82) is 0 Å². The summed E-state index contributed by atoms with van der Waals surface area (Å²) in [6.45, 7) is 6.59. The van der Waals surface area contributed by atoms with Crippen LogP contribution in [0.2, 0.25) is 0 Å². The fourth-order valence-corrected chi connectivity index (χ4v) is 2.01. The van der Waals surface area contributed by atoms with Gasteiger partial charge in [0.2, 0.25) is 0 Å². The summed E-state index contributed by atoms with van der Waals surface area (Å²) in [6.07, 6.45) is 4.82. The van der Waals surface area contributed by atoms with Crippen LogP contribution in [0.5, 0.6) is 0 Å². The van der Waals surface area contributed by atoms with Gasteiger partial charge < -0.3 is 15.4 Å². The zero-order valence-corrected chi connectivity index (χ0v) is 10.4. The smallest absolute Gasteiger partial charge is 0.0630 e. The van der Waals surface area contributed by atoms with Gasteiger partial charge >= 0.3 is 0 Å². The molecule has 2 N–H and O–H groups in total. The van der Waals surface area contributed by atoms with Gasteiger partial charge in [0.15, 0.2) is 0 Å². The van der Waals surface area contributed by atoms with Crippen molar-refractivity contribution in [2.24, 2.45) is 5.73 Å². The van der Waals surface area contributed by atoms with Gasteiger partial charge in [0, 0.05) is 19.0 Å². The minimum Gasteiger partial charge on any atom is -0.379 e. The van der Waals surface area contributed by atoms with Gasteiger partial charge in [0.1, 0.15) is 0 Å². The molecule has 3 heteroatoms. The van der Waals surface area contributed by atoms with Gasteiger partial charge in [-0.1, -0.05) is 6.42 Å². The van der Waals surface area contributed by atoms with Gasteiger partial charge in [-0.05, 0) is 32.9 Å². The molecule has 16 heavy (non-hydrogen) atoms. The standard InChI is InChI=1S/C13H24N2O/c1-2-3-7-10-16-12-13(14)11-15-8-5-4-6-9-15/h13H,4-12,14H2,1H3. The molecule has 1 aliphatic heterocycles. The Bertz CT molecular complexity index is 226. The summed E-state index contributed by atoms with van der Waals surface area (Å²) in [7, 11) is 0. The third-order valence-electron chi connectivity index (χ3n) is 2.82. The molecule has 1 atom stereocenters. The minimum absolute atomic E-state index is 0.146. The Morgan fingerprint density at radius 1 is 1.31 bits per heavy atom. The molecule has 1 unspecified atom stereocenters. The molecule has 0 aromatic heterocycles. The first-order valence-electron chi connectivity index (χ1n) is 6.28. The van der Waals surface area contributed by atoms with E-state index in [9.17, 15) is 0 Å². The topological polar surface area (TPSA) is 38.5 Å². The van der Waals surface area contributed by atoms with E-state index in [0.29, 0.717) is 13.2 Å². The largest absolute Gasteiger partial charge is 0.379 e. The summed E-state index contributed by atoms with van der Waals surface area (Å²) in [5.74, 6) is 5.83. The highest BCUT2D eigenvalue weighted by Crippen LogP contribution is 2.08. The van der Waals surface area contributed by atoms with Crippen molar-refractivity contribution in [2.75, 3.05) is 32.8 Å². The van der Waals surface area contributed by atoms with Gasteiger partial charge in [0.05, 0.1) is 13.2 Å². The first-order valence-corrected chi connectivity index (χ1v) is 6.28. The lowest BCUT2D eigenvalue weighted by atomic mass is 10.1. The number of likely N-dealkylation sites (tertiary alicyclic amines) is 1. The maximum atomic E-state index is 6.02. The Hall–Kier alpha value is -0.560. The third-order valence-corrected chi connectivity index (χ3v) is 2.82. The summed E-state index contributed by atoms with van der Waals surface area (Å²) < 4.78 is 5.48. The number of hydrogen-bond donors (Lipinski definition) is 1. The molecule has 0 saturated carbocycles. The number of nitrogens with two attached hydrogens (primary N) is 1. The second-order valence-corrected chi connectivity index (χ2v) is 4.37. The lowest BCUT2D eigenvalue weighted by Gasteiger charge is -2.28. The van der Waals surface area contributed by atoms with Crippen LogP contribution in [0.1, 0.15) is 32.6 Å². The van der Waals surface area contributed by atoms with Crippen molar-refractivity contribution in [2.45, 2.75) is 38.6 Å². The van der Waals surface area contributed by atoms with Crippen LogP contribution in [0.15, 0.2) is 0 Å². The first kappa shape index (κ1) is 13.5. The van der Waals surface area contributed by atoms with Crippen molar-refractivity contribution >= 4 is 0 Å². The molecule has 0 amide bonds. The molecular weight excluding hydrogens is 200 g/mol. The number of ether oxygens (including phenoxy) is 1. The first-order chi connectivity index (χ1) is 7.83. The average Bonchev–Trinajstić information content (AvgIpc) is 2.30. The lowest BCUT2D eigenvalue weighted by Crippen LogP contribution is -2.42. The molecule has 0 bridgehead atoms. The molecule has 3 nitrogen and oxygen atoms in total. The number of hydrogen-bond acceptors (Lipinski definition) is 3. The molecule has 0 aromatic carbocycles. The Balaban J connectivity index is 2.00. The van der Waals surface area contributed by atoms with Gasteiger partial charge in [0.25, 0.3) is 0 Å². The number of nitrogens with zero attached hydrogens (tertiary/aromatic N) is 1. The summed E-state index contributed by atoms with van der Waals surface area (Å²) in [6, 6.07) is 0.146. The van der Waals surface area contributed by atoms with E-state index in [4.69, 9.17) is 10.5 Å². The van der Waals surface area contributed by atoms with E-state index in [2.05, 4.69) is 16.7 Å². The quantitative estimate of drug-likeness (QED) is 0.545. The van der Waals surface area contributed by atoms with Crippen LogP contribution >= 0.6 is 0 Å². The second kappa shape index (κ2) is 8.58.